The van der Waals surface area contributed by atoms with E-state index in [1.54, 1.807) is 5.56 Å². The Hall–Kier alpha value is -0.860. The van der Waals surface area contributed by atoms with Crippen LogP contribution in [0.4, 0.5) is 0 Å². The summed E-state index contributed by atoms with van der Waals surface area (Å²) in [6, 6.07) is 8.82. The second-order valence-electron chi connectivity index (χ2n) is 6.22. The molecule has 2 aliphatic carbocycles. The van der Waals surface area contributed by atoms with E-state index in [2.05, 4.69) is 29.6 Å². The summed E-state index contributed by atoms with van der Waals surface area (Å²) in [5.41, 5.74) is 2.99. The maximum absolute atomic E-state index is 9.98. The van der Waals surface area contributed by atoms with Gasteiger partial charge in [0.05, 0.1) is 6.10 Å². The molecule has 0 bridgehead atoms. The minimum Gasteiger partial charge on any atom is -0.393 e. The highest BCUT2D eigenvalue weighted by molar-refractivity contribution is 5.33. The molecule has 2 unspecified atom stereocenters. The molecule has 1 aromatic rings. The highest BCUT2D eigenvalue weighted by Gasteiger charge is 2.26. The van der Waals surface area contributed by atoms with Gasteiger partial charge in [0, 0.05) is 13.1 Å². The maximum Gasteiger partial charge on any atom is 0.0580 e. The first kappa shape index (κ1) is 13.1. The molecule has 1 aromatic carbocycles. The van der Waals surface area contributed by atoms with Crippen molar-refractivity contribution < 1.29 is 5.11 Å². The first-order valence-corrected chi connectivity index (χ1v) is 7.81. The molecular weight excluding hydrogens is 234 g/mol. The van der Waals surface area contributed by atoms with E-state index in [0.29, 0.717) is 5.92 Å². The van der Waals surface area contributed by atoms with Crippen molar-refractivity contribution in [3.63, 3.8) is 0 Å². The predicted molar refractivity (Wildman–Crippen MR) is 78.1 cm³/mol. The Morgan fingerprint density at radius 1 is 1.05 bits per heavy atom. The van der Waals surface area contributed by atoms with E-state index in [-0.39, 0.29) is 6.10 Å². The van der Waals surface area contributed by atoms with Crippen molar-refractivity contribution in [1.29, 1.82) is 0 Å². The molecule has 0 aromatic heterocycles. The fourth-order valence-corrected chi connectivity index (χ4v) is 3.31. The molecule has 2 atom stereocenters. The van der Waals surface area contributed by atoms with Crippen molar-refractivity contribution in [2.45, 2.75) is 57.1 Å². The lowest BCUT2D eigenvalue weighted by atomic mass is 9.86. The molecule has 2 nitrogen and oxygen atoms in total. The van der Waals surface area contributed by atoms with Gasteiger partial charge in [-0.15, -0.1) is 0 Å². The minimum absolute atomic E-state index is 0.0834. The summed E-state index contributed by atoms with van der Waals surface area (Å²) in [6.07, 6.45) is 7.28. The lowest BCUT2D eigenvalue weighted by Crippen LogP contribution is -2.33. The number of hydrogen-bond acceptors (Lipinski definition) is 2. The molecule has 0 spiro atoms. The first-order chi connectivity index (χ1) is 9.34. The van der Waals surface area contributed by atoms with Gasteiger partial charge in [-0.25, -0.2) is 0 Å². The predicted octanol–water partition coefficient (Wildman–Crippen LogP) is 3.20. The quantitative estimate of drug-likeness (QED) is 0.851. The Kier molecular flexibility index (Phi) is 4.19. The molecule has 19 heavy (non-hydrogen) atoms. The van der Waals surface area contributed by atoms with Crippen molar-refractivity contribution in [2.24, 2.45) is 5.92 Å². The van der Waals surface area contributed by atoms with Crippen LogP contribution in [0.1, 0.15) is 55.6 Å². The molecule has 0 radical (unpaired) electrons. The molecule has 3 rings (SSSR count). The summed E-state index contributed by atoms with van der Waals surface area (Å²) < 4.78 is 0. The van der Waals surface area contributed by atoms with Crippen LogP contribution >= 0.6 is 0 Å². The largest absolute Gasteiger partial charge is 0.393 e. The average Bonchev–Trinajstić information content (AvgIpc) is 3.26. The summed E-state index contributed by atoms with van der Waals surface area (Å²) in [6.45, 7) is 1.91. The van der Waals surface area contributed by atoms with Gasteiger partial charge in [-0.3, -0.25) is 0 Å². The van der Waals surface area contributed by atoms with Crippen LogP contribution in [0.2, 0.25) is 0 Å². The molecule has 0 saturated heterocycles. The second-order valence-corrected chi connectivity index (χ2v) is 6.22. The molecule has 0 heterocycles. The van der Waals surface area contributed by atoms with Gasteiger partial charge in [-0.1, -0.05) is 37.1 Å². The Morgan fingerprint density at radius 2 is 1.84 bits per heavy atom. The number of benzene rings is 1. The summed E-state index contributed by atoms with van der Waals surface area (Å²) in [5.74, 6) is 1.28. The smallest absolute Gasteiger partial charge is 0.0580 e. The van der Waals surface area contributed by atoms with E-state index in [1.807, 2.05) is 0 Å². The van der Waals surface area contributed by atoms with E-state index in [4.69, 9.17) is 0 Å². The fraction of sp³-hybridized carbons (Fsp3) is 0.647. The van der Waals surface area contributed by atoms with Crippen LogP contribution in [0, 0.1) is 5.92 Å². The van der Waals surface area contributed by atoms with Gasteiger partial charge in [-0.05, 0) is 48.6 Å². The molecular formula is C17H25NO. The Labute approximate surface area is 116 Å². The topological polar surface area (TPSA) is 32.3 Å². The lowest BCUT2D eigenvalue weighted by Gasteiger charge is -2.27. The zero-order valence-electron chi connectivity index (χ0n) is 11.6. The number of rotatable bonds is 5. The summed E-state index contributed by atoms with van der Waals surface area (Å²) in [5, 5.41) is 13.5. The SMILES string of the molecule is OC1CCCCC1CNCc1ccccc1C1CC1. The van der Waals surface area contributed by atoms with Crippen molar-refractivity contribution in [2.75, 3.05) is 6.54 Å². The summed E-state index contributed by atoms with van der Waals surface area (Å²) in [4.78, 5) is 0. The summed E-state index contributed by atoms with van der Waals surface area (Å²) in [7, 11) is 0. The van der Waals surface area contributed by atoms with Crippen molar-refractivity contribution in [1.82, 2.24) is 5.32 Å². The fourth-order valence-electron chi connectivity index (χ4n) is 3.31. The monoisotopic (exact) mass is 259 g/mol. The second kappa shape index (κ2) is 6.06. The molecule has 104 valence electrons. The minimum atomic E-state index is -0.0834. The normalized spacial score (nSPS) is 27.4. The standard InChI is InChI=1S/C17H25NO/c19-17-8-4-2-6-15(17)12-18-11-14-5-1-3-7-16(14)13-9-10-13/h1,3,5,7,13,15,17-19H,2,4,6,8-12H2. The Balaban J connectivity index is 1.52. The van der Waals surface area contributed by atoms with Gasteiger partial charge in [0.1, 0.15) is 0 Å². The molecule has 2 N–H and O–H groups in total. The summed E-state index contributed by atoms with van der Waals surface area (Å²) >= 11 is 0. The van der Waals surface area contributed by atoms with Gasteiger partial charge in [0.15, 0.2) is 0 Å². The highest BCUT2D eigenvalue weighted by Crippen LogP contribution is 2.41. The Bertz CT molecular complexity index is 413. The van der Waals surface area contributed by atoms with Crippen LogP contribution in [0.5, 0.6) is 0 Å². The molecule has 2 saturated carbocycles. The van der Waals surface area contributed by atoms with E-state index < -0.39 is 0 Å². The number of aliphatic hydroxyl groups excluding tert-OH is 1. The van der Waals surface area contributed by atoms with Gasteiger partial charge < -0.3 is 10.4 Å². The number of aliphatic hydroxyl groups is 1. The zero-order valence-corrected chi connectivity index (χ0v) is 11.6. The van der Waals surface area contributed by atoms with Crippen LogP contribution < -0.4 is 5.32 Å². The third-order valence-electron chi connectivity index (χ3n) is 4.66. The van der Waals surface area contributed by atoms with Crippen LogP contribution in [-0.4, -0.2) is 17.8 Å². The van der Waals surface area contributed by atoms with E-state index in [9.17, 15) is 5.11 Å². The molecule has 2 fully saturated rings. The van der Waals surface area contributed by atoms with Crippen LogP contribution in [0.25, 0.3) is 0 Å². The van der Waals surface area contributed by atoms with Crippen molar-refractivity contribution >= 4 is 0 Å². The average molecular weight is 259 g/mol. The van der Waals surface area contributed by atoms with Crippen LogP contribution in [0.15, 0.2) is 24.3 Å². The van der Waals surface area contributed by atoms with Gasteiger partial charge in [0.25, 0.3) is 0 Å². The number of nitrogens with one attached hydrogen (secondary N) is 1. The highest BCUT2D eigenvalue weighted by atomic mass is 16.3. The zero-order chi connectivity index (χ0) is 13.1. The van der Waals surface area contributed by atoms with Gasteiger partial charge >= 0.3 is 0 Å². The third-order valence-corrected chi connectivity index (χ3v) is 4.66. The van der Waals surface area contributed by atoms with Crippen molar-refractivity contribution in [3.8, 4) is 0 Å². The van der Waals surface area contributed by atoms with Crippen molar-refractivity contribution in [3.05, 3.63) is 35.4 Å². The molecule has 2 heteroatoms. The number of hydrogen-bond donors (Lipinski definition) is 2. The molecule has 2 aliphatic rings. The van der Waals surface area contributed by atoms with Crippen LogP contribution in [0.3, 0.4) is 0 Å². The van der Waals surface area contributed by atoms with E-state index >= 15 is 0 Å². The maximum atomic E-state index is 9.98. The van der Waals surface area contributed by atoms with Crippen LogP contribution in [-0.2, 0) is 6.54 Å². The lowest BCUT2D eigenvalue weighted by molar-refractivity contribution is 0.0695. The van der Waals surface area contributed by atoms with Gasteiger partial charge in [-0.2, -0.15) is 0 Å². The third kappa shape index (κ3) is 3.37. The Morgan fingerprint density at radius 3 is 2.63 bits per heavy atom. The van der Waals surface area contributed by atoms with E-state index in [1.165, 1.54) is 37.7 Å². The van der Waals surface area contributed by atoms with Gasteiger partial charge in [0.2, 0.25) is 0 Å². The first-order valence-electron chi connectivity index (χ1n) is 7.81. The molecule has 0 amide bonds. The molecule has 0 aliphatic heterocycles. The van der Waals surface area contributed by atoms with E-state index in [0.717, 1.165) is 25.4 Å².